The third-order valence-electron chi connectivity index (χ3n) is 4.42. The van der Waals surface area contributed by atoms with Crippen molar-refractivity contribution in [1.82, 2.24) is 19.9 Å². The first-order valence-electron chi connectivity index (χ1n) is 6.33. The predicted molar refractivity (Wildman–Crippen MR) is 67.6 cm³/mol. The van der Waals surface area contributed by atoms with E-state index in [-0.39, 0.29) is 0 Å². The van der Waals surface area contributed by atoms with E-state index in [1.54, 1.807) is 13.3 Å². The molecule has 0 amide bonds. The molecule has 1 aliphatic heterocycles. The summed E-state index contributed by atoms with van der Waals surface area (Å²) >= 11 is 0. The smallest absolute Gasteiger partial charge is 0.232 e. The summed E-state index contributed by atoms with van der Waals surface area (Å²) in [5.74, 6) is 0.591. The lowest BCUT2D eigenvalue weighted by Gasteiger charge is -2.32. The minimum Gasteiger partial charge on any atom is -0.480 e. The maximum atomic E-state index is 5.17. The average molecular weight is 244 g/mol. The molecule has 94 valence electrons. The van der Waals surface area contributed by atoms with Crippen molar-refractivity contribution in [3.8, 4) is 5.88 Å². The quantitative estimate of drug-likeness (QED) is 0.825. The number of ether oxygens (including phenoxy) is 1. The van der Waals surface area contributed by atoms with E-state index in [0.717, 1.165) is 24.1 Å². The van der Waals surface area contributed by atoms with Crippen molar-refractivity contribution >= 4 is 11.2 Å². The lowest BCUT2D eigenvalue weighted by atomic mass is 9.97. The molecule has 1 fully saturated rings. The van der Waals surface area contributed by atoms with Crippen LogP contribution in [0, 0.1) is 0 Å². The fraction of sp³-hybridized carbons (Fsp3) is 0.538. The highest BCUT2D eigenvalue weighted by Crippen LogP contribution is 2.48. The first-order chi connectivity index (χ1) is 8.72. The fourth-order valence-corrected chi connectivity index (χ4v) is 3.03. The molecule has 0 unspecified atom stereocenters. The minimum absolute atomic E-state index is 0.396. The highest BCUT2D eigenvalue weighted by molar-refractivity contribution is 5.78. The maximum Gasteiger partial charge on any atom is 0.232 e. The van der Waals surface area contributed by atoms with Crippen LogP contribution in [0.5, 0.6) is 5.88 Å². The summed E-state index contributed by atoms with van der Waals surface area (Å²) in [6.07, 6.45) is 5.35. The number of aromatic amines is 1. The van der Waals surface area contributed by atoms with Gasteiger partial charge in [-0.2, -0.15) is 0 Å². The second-order valence-electron chi connectivity index (χ2n) is 5.45. The molecular formula is C13H16N4O. The lowest BCUT2D eigenvalue weighted by molar-refractivity contribution is 0.193. The first kappa shape index (κ1) is 10.3. The molecule has 0 radical (unpaired) electrons. The van der Waals surface area contributed by atoms with Gasteiger partial charge in [-0.15, -0.1) is 0 Å². The number of nitrogens with one attached hydrogen (secondary N) is 1. The van der Waals surface area contributed by atoms with E-state index in [4.69, 9.17) is 4.74 Å². The number of methoxy groups -OCH3 is 1. The van der Waals surface area contributed by atoms with E-state index < -0.39 is 0 Å². The minimum atomic E-state index is 0.396. The standard InChI is InChI=1S/C13H16N4O/c1-17-7-9-8(5-13(17)3-4-13)11-12(15-9)14-6-10(16-11)18-2/h6H,3-5,7H2,1-2H3,(H,14,15). The SMILES string of the molecule is COc1cnc2[nH]c3c(c2n1)CC1(CC1)N(C)C3. The van der Waals surface area contributed by atoms with Crippen LogP contribution in [-0.2, 0) is 13.0 Å². The van der Waals surface area contributed by atoms with Crippen LogP contribution >= 0.6 is 0 Å². The zero-order chi connectivity index (χ0) is 12.3. The van der Waals surface area contributed by atoms with Crippen LogP contribution in [-0.4, -0.2) is 39.5 Å². The third-order valence-corrected chi connectivity index (χ3v) is 4.42. The molecule has 1 saturated carbocycles. The molecule has 1 N–H and O–H groups in total. The van der Waals surface area contributed by atoms with Gasteiger partial charge in [-0.1, -0.05) is 0 Å². The third kappa shape index (κ3) is 1.25. The van der Waals surface area contributed by atoms with E-state index in [2.05, 4.69) is 26.9 Å². The molecule has 5 heteroatoms. The van der Waals surface area contributed by atoms with E-state index in [1.165, 1.54) is 24.1 Å². The van der Waals surface area contributed by atoms with Gasteiger partial charge in [0.2, 0.25) is 5.88 Å². The molecule has 5 nitrogen and oxygen atoms in total. The molecule has 0 saturated heterocycles. The molecule has 4 rings (SSSR count). The van der Waals surface area contributed by atoms with E-state index >= 15 is 0 Å². The van der Waals surface area contributed by atoms with Gasteiger partial charge >= 0.3 is 0 Å². The van der Waals surface area contributed by atoms with Crippen LogP contribution in [0.1, 0.15) is 24.1 Å². The van der Waals surface area contributed by atoms with Crippen molar-refractivity contribution in [2.75, 3.05) is 14.2 Å². The Morgan fingerprint density at radius 3 is 3.00 bits per heavy atom. The largest absolute Gasteiger partial charge is 0.480 e. The summed E-state index contributed by atoms with van der Waals surface area (Å²) in [7, 11) is 3.84. The van der Waals surface area contributed by atoms with Crippen molar-refractivity contribution in [3.05, 3.63) is 17.5 Å². The molecule has 2 aromatic rings. The Kier molecular flexibility index (Phi) is 1.85. The normalized spacial score (nSPS) is 21.2. The van der Waals surface area contributed by atoms with Crippen LogP contribution < -0.4 is 4.74 Å². The topological polar surface area (TPSA) is 54.0 Å². The van der Waals surface area contributed by atoms with Crippen LogP contribution in [0.2, 0.25) is 0 Å². The van der Waals surface area contributed by atoms with Crippen LogP contribution in [0.15, 0.2) is 6.20 Å². The molecular weight excluding hydrogens is 228 g/mol. The second kappa shape index (κ2) is 3.23. The summed E-state index contributed by atoms with van der Waals surface area (Å²) in [5, 5.41) is 0. The second-order valence-corrected chi connectivity index (χ2v) is 5.45. The molecule has 2 aliphatic rings. The number of rotatable bonds is 1. The van der Waals surface area contributed by atoms with Crippen molar-refractivity contribution in [2.24, 2.45) is 0 Å². The Bertz CT molecular complexity index is 629. The van der Waals surface area contributed by atoms with Gasteiger partial charge in [0.15, 0.2) is 5.65 Å². The molecule has 2 aromatic heterocycles. The van der Waals surface area contributed by atoms with Gasteiger partial charge in [-0.05, 0) is 26.3 Å². The number of fused-ring (bicyclic) bond motifs is 3. The predicted octanol–water partition coefficient (Wildman–Crippen LogP) is 1.49. The highest BCUT2D eigenvalue weighted by atomic mass is 16.5. The zero-order valence-electron chi connectivity index (χ0n) is 10.7. The van der Waals surface area contributed by atoms with E-state index in [1.807, 2.05) is 0 Å². The van der Waals surface area contributed by atoms with E-state index in [9.17, 15) is 0 Å². The van der Waals surface area contributed by atoms with E-state index in [0.29, 0.717) is 11.4 Å². The van der Waals surface area contributed by atoms with Crippen LogP contribution in [0.3, 0.4) is 0 Å². The molecule has 3 heterocycles. The van der Waals surface area contributed by atoms with Gasteiger partial charge in [0, 0.05) is 23.3 Å². The van der Waals surface area contributed by atoms with Crippen LogP contribution in [0.25, 0.3) is 11.2 Å². The molecule has 18 heavy (non-hydrogen) atoms. The van der Waals surface area contributed by atoms with Crippen molar-refractivity contribution in [2.45, 2.75) is 31.3 Å². The molecule has 0 aromatic carbocycles. The Morgan fingerprint density at radius 2 is 2.28 bits per heavy atom. The number of hydrogen-bond donors (Lipinski definition) is 1. The first-order valence-corrected chi connectivity index (χ1v) is 6.33. The summed E-state index contributed by atoms with van der Waals surface area (Å²) < 4.78 is 5.17. The Morgan fingerprint density at radius 1 is 1.44 bits per heavy atom. The molecule has 0 atom stereocenters. The van der Waals surface area contributed by atoms with Crippen molar-refractivity contribution in [3.63, 3.8) is 0 Å². The molecule has 0 bridgehead atoms. The number of likely N-dealkylation sites (N-methyl/N-ethyl adjacent to an activating group) is 1. The molecule has 1 spiro atoms. The fourth-order valence-electron chi connectivity index (χ4n) is 3.03. The van der Waals surface area contributed by atoms with Crippen molar-refractivity contribution in [1.29, 1.82) is 0 Å². The Hall–Kier alpha value is -1.62. The number of aromatic nitrogens is 3. The Labute approximate surface area is 105 Å². The average Bonchev–Trinajstić information content (AvgIpc) is 3.07. The summed E-state index contributed by atoms with van der Waals surface area (Å²) in [5.41, 5.74) is 4.87. The molecule has 1 aliphatic carbocycles. The van der Waals surface area contributed by atoms with Crippen LogP contribution in [0.4, 0.5) is 0 Å². The van der Waals surface area contributed by atoms with Crippen molar-refractivity contribution < 1.29 is 4.74 Å². The van der Waals surface area contributed by atoms with Gasteiger partial charge in [0.25, 0.3) is 0 Å². The van der Waals surface area contributed by atoms with Gasteiger partial charge in [0.1, 0.15) is 5.52 Å². The lowest BCUT2D eigenvalue weighted by Crippen LogP contribution is -2.39. The monoisotopic (exact) mass is 244 g/mol. The van der Waals surface area contributed by atoms with Gasteiger partial charge in [0.05, 0.1) is 13.3 Å². The maximum absolute atomic E-state index is 5.17. The zero-order valence-corrected chi connectivity index (χ0v) is 10.7. The van der Waals surface area contributed by atoms with Gasteiger partial charge in [-0.25, -0.2) is 9.97 Å². The number of H-pyrrole nitrogens is 1. The Balaban J connectivity index is 1.90. The number of nitrogens with zero attached hydrogens (tertiary/aromatic N) is 3. The van der Waals surface area contributed by atoms with Gasteiger partial charge < -0.3 is 9.72 Å². The highest BCUT2D eigenvalue weighted by Gasteiger charge is 2.49. The summed E-state index contributed by atoms with van der Waals surface area (Å²) in [4.78, 5) is 14.8. The summed E-state index contributed by atoms with van der Waals surface area (Å²) in [6, 6.07) is 0. The number of hydrogen-bond acceptors (Lipinski definition) is 4. The van der Waals surface area contributed by atoms with Gasteiger partial charge in [-0.3, -0.25) is 4.90 Å². The summed E-state index contributed by atoms with van der Waals surface area (Å²) in [6.45, 7) is 0.968.